The Morgan fingerprint density at radius 3 is 2.69 bits per heavy atom. The van der Waals surface area contributed by atoms with E-state index in [2.05, 4.69) is 31.6 Å². The number of nitrogens with zero attached hydrogens (tertiary/aromatic N) is 2. The van der Waals surface area contributed by atoms with Crippen LogP contribution in [-0.4, -0.2) is 62.4 Å². The second kappa shape index (κ2) is 7.96. The fraction of sp³-hybridized carbons (Fsp3) is 0.529. The predicted octanol–water partition coefficient (Wildman–Crippen LogP) is 1.78. The molecule has 1 aliphatic heterocycles. The molecule has 1 aromatic rings. The molecule has 0 aliphatic carbocycles. The fourth-order valence-electron chi connectivity index (χ4n) is 2.74. The van der Waals surface area contributed by atoms with Gasteiger partial charge < -0.3 is 15.5 Å². The first-order valence-electron chi connectivity index (χ1n) is 8.29. The van der Waals surface area contributed by atoms with Crippen molar-refractivity contribution in [3.8, 4) is 0 Å². The van der Waals surface area contributed by atoms with Crippen molar-refractivity contribution in [2.45, 2.75) is 25.5 Å². The second-order valence-electron chi connectivity index (χ2n) is 6.91. The number of rotatable bonds is 3. The molecule has 0 unspecified atom stereocenters. The molecule has 1 heterocycles. The maximum Gasteiger partial charge on any atom is 0.243 e. The van der Waals surface area contributed by atoms with Crippen LogP contribution in [0.5, 0.6) is 0 Å². The molecule has 0 aromatic heterocycles. The lowest BCUT2D eigenvalue weighted by atomic mass is 10.2. The molecule has 1 aliphatic rings. The molecule has 144 valence electrons. The van der Waals surface area contributed by atoms with Crippen molar-refractivity contribution >= 4 is 43.3 Å². The summed E-state index contributed by atoms with van der Waals surface area (Å²) in [5.41, 5.74) is 1.71. The summed E-state index contributed by atoms with van der Waals surface area (Å²) in [6.45, 7) is 6.08. The highest BCUT2D eigenvalue weighted by atomic mass is 79.9. The van der Waals surface area contributed by atoms with Crippen LogP contribution < -0.4 is 10.6 Å². The lowest BCUT2D eigenvalue weighted by molar-refractivity contribution is -0.115. The summed E-state index contributed by atoms with van der Waals surface area (Å²) in [6.07, 6.45) is 0. The Hall–Kier alpha value is -1.61. The zero-order valence-electron chi connectivity index (χ0n) is 15.5. The maximum absolute atomic E-state index is 12.3. The number of anilines is 1. The van der Waals surface area contributed by atoms with E-state index in [0.29, 0.717) is 19.0 Å². The van der Waals surface area contributed by atoms with Crippen molar-refractivity contribution < 1.29 is 13.2 Å². The van der Waals surface area contributed by atoms with Crippen LogP contribution in [0.3, 0.4) is 0 Å². The number of nitrogens with one attached hydrogen (secondary N) is 2. The van der Waals surface area contributed by atoms with Crippen LogP contribution in [0.4, 0.5) is 5.69 Å². The number of benzene rings is 1. The summed E-state index contributed by atoms with van der Waals surface area (Å²) in [5.74, 6) is 0.398. The van der Waals surface area contributed by atoms with Gasteiger partial charge in [0, 0.05) is 30.3 Å². The molecule has 1 fully saturated rings. The number of halogens is 1. The van der Waals surface area contributed by atoms with Gasteiger partial charge >= 0.3 is 0 Å². The van der Waals surface area contributed by atoms with E-state index in [-0.39, 0.29) is 18.2 Å². The van der Waals surface area contributed by atoms with Gasteiger partial charge in [-0.1, -0.05) is 22.0 Å². The first kappa shape index (κ1) is 20.7. The van der Waals surface area contributed by atoms with Gasteiger partial charge in [0.15, 0.2) is 15.8 Å². The minimum absolute atomic E-state index is 0.0440. The van der Waals surface area contributed by atoms with Crippen molar-refractivity contribution in [3.63, 3.8) is 0 Å². The first-order valence-corrected chi connectivity index (χ1v) is 10.7. The van der Waals surface area contributed by atoms with Crippen LogP contribution in [0.25, 0.3) is 0 Å². The van der Waals surface area contributed by atoms with Gasteiger partial charge in [0.2, 0.25) is 5.91 Å². The number of amides is 1. The number of hydrogen-bond acceptors (Lipinski definition) is 4. The van der Waals surface area contributed by atoms with Crippen LogP contribution in [0.2, 0.25) is 0 Å². The molecule has 0 saturated carbocycles. The molecule has 1 aromatic carbocycles. The molecule has 1 saturated heterocycles. The SMILES string of the molecule is CN=C(NCC(=O)Nc1cc(Br)ccc1C)N1CCS(=O)(=O)C(C)(C)C1. The van der Waals surface area contributed by atoms with Crippen molar-refractivity contribution in [2.24, 2.45) is 4.99 Å². The second-order valence-corrected chi connectivity index (χ2v) is 10.6. The Morgan fingerprint density at radius 2 is 2.08 bits per heavy atom. The third kappa shape index (κ3) is 4.76. The molecule has 0 spiro atoms. The highest BCUT2D eigenvalue weighted by Gasteiger charge is 2.40. The van der Waals surface area contributed by atoms with Crippen LogP contribution >= 0.6 is 15.9 Å². The summed E-state index contributed by atoms with van der Waals surface area (Å²) in [7, 11) is -1.50. The number of aliphatic imine (C=N–C) groups is 1. The first-order chi connectivity index (χ1) is 12.1. The standard InChI is InChI=1S/C17H25BrN4O3S/c1-12-5-6-13(18)9-14(12)21-15(23)10-20-16(19-4)22-7-8-26(24,25)17(2,3)11-22/h5-6,9H,7-8,10-11H2,1-4H3,(H,19,20)(H,21,23). The molecule has 0 radical (unpaired) electrons. The molecular formula is C17H25BrN4O3S. The van der Waals surface area contributed by atoms with Gasteiger partial charge in [0.1, 0.15) is 0 Å². The Balaban J connectivity index is 1.97. The van der Waals surface area contributed by atoms with Crippen molar-refractivity contribution in [2.75, 3.05) is 37.8 Å². The average molecular weight is 445 g/mol. The van der Waals surface area contributed by atoms with Crippen LogP contribution in [0, 0.1) is 6.92 Å². The van der Waals surface area contributed by atoms with Crippen LogP contribution in [0.15, 0.2) is 27.7 Å². The highest BCUT2D eigenvalue weighted by molar-refractivity contribution is 9.10. The summed E-state index contributed by atoms with van der Waals surface area (Å²) >= 11 is 3.39. The van der Waals surface area contributed by atoms with E-state index in [1.54, 1.807) is 20.9 Å². The van der Waals surface area contributed by atoms with Gasteiger partial charge in [-0.05, 0) is 38.5 Å². The Bertz CT molecular complexity index is 821. The largest absolute Gasteiger partial charge is 0.347 e. The smallest absolute Gasteiger partial charge is 0.243 e. The molecule has 1 amide bonds. The molecular weight excluding hydrogens is 420 g/mol. The molecule has 26 heavy (non-hydrogen) atoms. The monoisotopic (exact) mass is 444 g/mol. The minimum Gasteiger partial charge on any atom is -0.347 e. The zero-order valence-corrected chi connectivity index (χ0v) is 17.9. The van der Waals surface area contributed by atoms with Crippen LogP contribution in [-0.2, 0) is 14.6 Å². The third-order valence-corrected chi connectivity index (χ3v) is 7.46. The quantitative estimate of drug-likeness (QED) is 0.547. The zero-order chi connectivity index (χ0) is 19.5. The minimum atomic E-state index is -3.12. The van der Waals surface area contributed by atoms with Gasteiger partial charge in [0.05, 0.1) is 17.0 Å². The summed E-state index contributed by atoms with van der Waals surface area (Å²) < 4.78 is 24.3. The lowest BCUT2D eigenvalue weighted by Gasteiger charge is -2.39. The van der Waals surface area contributed by atoms with E-state index in [1.807, 2.05) is 30.0 Å². The van der Waals surface area contributed by atoms with Gasteiger partial charge in [-0.2, -0.15) is 0 Å². The maximum atomic E-state index is 12.3. The molecule has 2 N–H and O–H groups in total. The number of aryl methyl sites for hydroxylation is 1. The highest BCUT2D eigenvalue weighted by Crippen LogP contribution is 2.24. The van der Waals surface area contributed by atoms with Crippen molar-refractivity contribution in [3.05, 3.63) is 28.2 Å². The van der Waals surface area contributed by atoms with E-state index < -0.39 is 14.6 Å². The molecule has 0 bridgehead atoms. The lowest BCUT2D eigenvalue weighted by Crippen LogP contribution is -2.57. The van der Waals surface area contributed by atoms with Crippen molar-refractivity contribution in [1.82, 2.24) is 10.2 Å². The number of carbonyl (C=O) groups is 1. The summed E-state index contributed by atoms with van der Waals surface area (Å²) in [6, 6.07) is 5.68. The van der Waals surface area contributed by atoms with Gasteiger partial charge in [-0.15, -0.1) is 0 Å². The Labute approximate surface area is 163 Å². The van der Waals surface area contributed by atoms with Gasteiger partial charge in [-0.25, -0.2) is 8.42 Å². The number of hydrogen-bond donors (Lipinski definition) is 2. The van der Waals surface area contributed by atoms with E-state index in [9.17, 15) is 13.2 Å². The average Bonchev–Trinajstić information content (AvgIpc) is 2.55. The Kier molecular flexibility index (Phi) is 6.33. The summed E-state index contributed by atoms with van der Waals surface area (Å²) in [4.78, 5) is 18.3. The number of carbonyl (C=O) groups excluding carboxylic acids is 1. The van der Waals surface area contributed by atoms with E-state index in [1.165, 1.54) is 0 Å². The fourth-order valence-corrected chi connectivity index (χ4v) is 4.47. The number of sulfone groups is 1. The molecule has 0 atom stereocenters. The van der Waals surface area contributed by atoms with Gasteiger partial charge in [0.25, 0.3) is 0 Å². The third-order valence-electron chi connectivity index (χ3n) is 4.44. The predicted molar refractivity (Wildman–Crippen MR) is 108 cm³/mol. The normalized spacial score (nSPS) is 19.1. The molecule has 9 heteroatoms. The van der Waals surface area contributed by atoms with Gasteiger partial charge in [-0.3, -0.25) is 9.79 Å². The van der Waals surface area contributed by atoms with E-state index >= 15 is 0 Å². The topological polar surface area (TPSA) is 90.9 Å². The molecule has 7 nitrogen and oxygen atoms in total. The van der Waals surface area contributed by atoms with Crippen molar-refractivity contribution in [1.29, 1.82) is 0 Å². The number of guanidine groups is 1. The van der Waals surface area contributed by atoms with Crippen LogP contribution in [0.1, 0.15) is 19.4 Å². The van der Waals surface area contributed by atoms with E-state index in [0.717, 1.165) is 15.7 Å². The Morgan fingerprint density at radius 1 is 1.38 bits per heavy atom. The molecule has 2 rings (SSSR count). The summed E-state index contributed by atoms with van der Waals surface area (Å²) in [5, 5.41) is 5.88. The van der Waals surface area contributed by atoms with E-state index in [4.69, 9.17) is 0 Å².